The number of aromatic nitrogens is 4. The standard InChI is InChI=1S/C15H18ClN5O2/c1-10-7-20(8-11(2)23-10)14(22)9-21-18-15(17-19-21)12-4-3-5-13(16)6-12/h3-6,10-11H,7-9H2,1-2H3/t10-,11+. The molecule has 1 aliphatic rings. The summed E-state index contributed by atoms with van der Waals surface area (Å²) in [5, 5.41) is 12.8. The molecule has 3 rings (SSSR count). The van der Waals surface area contributed by atoms with Gasteiger partial charge in [0.05, 0.1) is 12.2 Å². The molecule has 1 aromatic heterocycles. The van der Waals surface area contributed by atoms with Gasteiger partial charge in [-0.1, -0.05) is 23.7 Å². The number of benzene rings is 1. The molecule has 1 fully saturated rings. The van der Waals surface area contributed by atoms with E-state index in [0.29, 0.717) is 23.9 Å². The van der Waals surface area contributed by atoms with Crippen LogP contribution in [0.1, 0.15) is 13.8 Å². The van der Waals surface area contributed by atoms with Crippen LogP contribution in [0, 0.1) is 0 Å². The third-order valence-electron chi connectivity index (χ3n) is 3.58. The van der Waals surface area contributed by atoms with Gasteiger partial charge in [0.15, 0.2) is 0 Å². The highest BCUT2D eigenvalue weighted by molar-refractivity contribution is 6.30. The minimum absolute atomic E-state index is 0.0356. The molecule has 8 heteroatoms. The summed E-state index contributed by atoms with van der Waals surface area (Å²) in [6, 6.07) is 7.20. The maximum atomic E-state index is 12.4. The number of ether oxygens (including phenoxy) is 1. The summed E-state index contributed by atoms with van der Waals surface area (Å²) in [5.41, 5.74) is 0.768. The Kier molecular flexibility index (Phi) is 4.58. The van der Waals surface area contributed by atoms with Crippen molar-refractivity contribution in [2.24, 2.45) is 0 Å². The summed E-state index contributed by atoms with van der Waals surface area (Å²) in [7, 11) is 0. The highest BCUT2D eigenvalue weighted by Gasteiger charge is 2.26. The average Bonchev–Trinajstić information content (AvgIpc) is 2.95. The maximum Gasteiger partial charge on any atom is 0.246 e. The Morgan fingerprint density at radius 3 is 2.78 bits per heavy atom. The summed E-state index contributed by atoms with van der Waals surface area (Å²) < 4.78 is 5.63. The van der Waals surface area contributed by atoms with E-state index in [4.69, 9.17) is 16.3 Å². The molecule has 2 heterocycles. The number of amides is 1. The molecule has 2 aromatic rings. The van der Waals surface area contributed by atoms with Gasteiger partial charge in [-0.15, -0.1) is 10.2 Å². The Bertz CT molecular complexity index is 695. The van der Waals surface area contributed by atoms with E-state index in [9.17, 15) is 4.79 Å². The lowest BCUT2D eigenvalue weighted by atomic mass is 10.2. The van der Waals surface area contributed by atoms with Gasteiger partial charge < -0.3 is 9.64 Å². The van der Waals surface area contributed by atoms with Crippen LogP contribution in [0.25, 0.3) is 11.4 Å². The molecule has 0 bridgehead atoms. The van der Waals surface area contributed by atoms with Crippen LogP contribution < -0.4 is 0 Å². The molecular weight excluding hydrogens is 318 g/mol. The third-order valence-corrected chi connectivity index (χ3v) is 3.82. The van der Waals surface area contributed by atoms with Crippen LogP contribution in [0.15, 0.2) is 24.3 Å². The lowest BCUT2D eigenvalue weighted by molar-refractivity contribution is -0.144. The highest BCUT2D eigenvalue weighted by atomic mass is 35.5. The molecule has 7 nitrogen and oxygen atoms in total. The molecule has 1 aromatic carbocycles. The van der Waals surface area contributed by atoms with E-state index < -0.39 is 0 Å². The molecule has 23 heavy (non-hydrogen) atoms. The lowest BCUT2D eigenvalue weighted by Crippen LogP contribution is -2.49. The van der Waals surface area contributed by atoms with Crippen LogP contribution in [0.3, 0.4) is 0 Å². The molecule has 122 valence electrons. The van der Waals surface area contributed by atoms with Crippen molar-refractivity contribution in [3.63, 3.8) is 0 Å². The number of hydrogen-bond acceptors (Lipinski definition) is 5. The quantitative estimate of drug-likeness (QED) is 0.852. The largest absolute Gasteiger partial charge is 0.372 e. The first-order chi connectivity index (χ1) is 11.0. The van der Waals surface area contributed by atoms with Gasteiger partial charge in [0.1, 0.15) is 6.54 Å². The zero-order chi connectivity index (χ0) is 16.4. The Labute approximate surface area is 139 Å². The van der Waals surface area contributed by atoms with Crippen molar-refractivity contribution in [1.29, 1.82) is 0 Å². The van der Waals surface area contributed by atoms with Gasteiger partial charge in [0.25, 0.3) is 0 Å². The molecule has 2 atom stereocenters. The topological polar surface area (TPSA) is 73.1 Å². The Hall–Kier alpha value is -1.99. The van der Waals surface area contributed by atoms with E-state index in [1.807, 2.05) is 26.0 Å². The van der Waals surface area contributed by atoms with Crippen LogP contribution in [0.4, 0.5) is 0 Å². The van der Waals surface area contributed by atoms with Gasteiger partial charge in [0, 0.05) is 23.7 Å². The van der Waals surface area contributed by atoms with E-state index >= 15 is 0 Å². The molecule has 1 amide bonds. The first kappa shape index (κ1) is 15.9. The summed E-state index contributed by atoms with van der Waals surface area (Å²) in [5.74, 6) is 0.408. The fourth-order valence-electron chi connectivity index (χ4n) is 2.66. The highest BCUT2D eigenvalue weighted by Crippen LogP contribution is 2.18. The number of carbonyl (C=O) groups is 1. The minimum atomic E-state index is -0.0398. The molecule has 0 saturated carbocycles. The lowest BCUT2D eigenvalue weighted by Gasteiger charge is -2.35. The van der Waals surface area contributed by atoms with Crippen LogP contribution in [0.5, 0.6) is 0 Å². The van der Waals surface area contributed by atoms with Gasteiger partial charge in [-0.3, -0.25) is 4.79 Å². The molecule has 0 aliphatic carbocycles. The average molecular weight is 336 g/mol. The minimum Gasteiger partial charge on any atom is -0.372 e. The SMILES string of the molecule is C[C@@H]1CN(C(=O)Cn2nnc(-c3cccc(Cl)c3)n2)C[C@H](C)O1. The van der Waals surface area contributed by atoms with Gasteiger partial charge in [0.2, 0.25) is 11.7 Å². The second kappa shape index (κ2) is 6.64. The monoisotopic (exact) mass is 335 g/mol. The van der Waals surface area contributed by atoms with Crippen LogP contribution in [-0.4, -0.2) is 56.3 Å². The Morgan fingerprint density at radius 2 is 2.09 bits per heavy atom. The predicted octanol–water partition coefficient (Wildman–Crippen LogP) is 1.63. The Balaban J connectivity index is 1.68. The second-order valence-electron chi connectivity index (χ2n) is 5.71. The molecule has 1 saturated heterocycles. The first-order valence-corrected chi connectivity index (χ1v) is 7.86. The summed E-state index contributed by atoms with van der Waals surface area (Å²) in [4.78, 5) is 15.5. The molecule has 0 spiro atoms. The van der Waals surface area contributed by atoms with E-state index in [1.165, 1.54) is 4.80 Å². The molecule has 0 radical (unpaired) electrons. The summed E-state index contributed by atoms with van der Waals surface area (Å²) in [6.45, 7) is 5.15. The van der Waals surface area contributed by atoms with Crippen LogP contribution >= 0.6 is 11.6 Å². The molecular formula is C15H18ClN5O2. The van der Waals surface area contributed by atoms with E-state index in [0.717, 1.165) is 5.56 Å². The zero-order valence-corrected chi connectivity index (χ0v) is 13.8. The number of hydrogen-bond donors (Lipinski definition) is 0. The van der Waals surface area contributed by atoms with Gasteiger partial charge in [-0.25, -0.2) is 0 Å². The Morgan fingerprint density at radius 1 is 1.35 bits per heavy atom. The molecule has 0 unspecified atom stereocenters. The van der Waals surface area contributed by atoms with Gasteiger partial charge >= 0.3 is 0 Å². The van der Waals surface area contributed by atoms with Gasteiger partial charge in [-0.2, -0.15) is 4.80 Å². The third kappa shape index (κ3) is 3.86. The second-order valence-corrected chi connectivity index (χ2v) is 6.15. The van der Waals surface area contributed by atoms with Crippen molar-refractivity contribution in [2.45, 2.75) is 32.6 Å². The van der Waals surface area contributed by atoms with E-state index in [-0.39, 0.29) is 24.7 Å². The fourth-order valence-corrected chi connectivity index (χ4v) is 2.85. The number of halogens is 1. The van der Waals surface area contributed by atoms with Crippen LogP contribution in [0.2, 0.25) is 5.02 Å². The summed E-state index contributed by atoms with van der Waals surface area (Å²) in [6.07, 6.45) is 0.0712. The van der Waals surface area contributed by atoms with Crippen molar-refractivity contribution in [3.05, 3.63) is 29.3 Å². The van der Waals surface area contributed by atoms with Crippen molar-refractivity contribution >= 4 is 17.5 Å². The van der Waals surface area contributed by atoms with Crippen LogP contribution in [-0.2, 0) is 16.1 Å². The first-order valence-electron chi connectivity index (χ1n) is 7.48. The number of carbonyl (C=O) groups excluding carboxylic acids is 1. The predicted molar refractivity (Wildman–Crippen MR) is 84.9 cm³/mol. The molecule has 1 aliphatic heterocycles. The smallest absolute Gasteiger partial charge is 0.246 e. The fraction of sp³-hybridized carbons (Fsp3) is 0.467. The number of morpholine rings is 1. The van der Waals surface area contributed by atoms with Crippen molar-refractivity contribution in [2.75, 3.05) is 13.1 Å². The number of tetrazole rings is 1. The zero-order valence-electron chi connectivity index (χ0n) is 13.0. The number of rotatable bonds is 3. The number of nitrogens with zero attached hydrogens (tertiary/aromatic N) is 5. The van der Waals surface area contributed by atoms with Crippen molar-refractivity contribution in [3.8, 4) is 11.4 Å². The van der Waals surface area contributed by atoms with Crippen molar-refractivity contribution in [1.82, 2.24) is 25.1 Å². The molecule has 0 N–H and O–H groups in total. The van der Waals surface area contributed by atoms with E-state index in [2.05, 4.69) is 15.4 Å². The normalized spacial score (nSPS) is 21.4. The van der Waals surface area contributed by atoms with Crippen molar-refractivity contribution < 1.29 is 9.53 Å². The van der Waals surface area contributed by atoms with Gasteiger partial charge in [-0.05, 0) is 31.2 Å². The summed E-state index contributed by atoms with van der Waals surface area (Å²) >= 11 is 5.96. The van der Waals surface area contributed by atoms with E-state index in [1.54, 1.807) is 17.0 Å². The maximum absolute atomic E-state index is 12.4.